The van der Waals surface area contributed by atoms with Gasteiger partial charge in [0.15, 0.2) is 0 Å². The molecule has 1 aliphatic rings. The number of nitrogens with two attached hydrogens (primary N) is 1. The molecule has 1 heterocycles. The molecule has 13 heavy (non-hydrogen) atoms. The highest BCUT2D eigenvalue weighted by molar-refractivity contribution is 5.96. The maximum absolute atomic E-state index is 8.95. The molecule has 1 aliphatic heterocycles. The van der Waals surface area contributed by atoms with Crippen LogP contribution in [-0.4, -0.2) is 25.8 Å². The number of nitrogens with zero attached hydrogens (tertiary/aromatic N) is 1. The highest BCUT2D eigenvalue weighted by atomic mass is 16.5. The van der Waals surface area contributed by atoms with Crippen LogP contribution in [0, 0.1) is 0 Å². The molecule has 4 heteroatoms. The standard InChI is InChI=1S/C7H12N2.C2H4O2/c1-6(8)5-7-3-2-4-9-7;1-4-2-3/h5H,2-4,8H2,1H3;2H,1H3/b6-5-;. The summed E-state index contributed by atoms with van der Waals surface area (Å²) in [6, 6.07) is 0. The molecule has 0 unspecified atom stereocenters. The fourth-order valence-corrected chi connectivity index (χ4v) is 0.943. The predicted octanol–water partition coefficient (Wildman–Crippen LogP) is 0.873. The number of rotatable bonds is 2. The van der Waals surface area contributed by atoms with Gasteiger partial charge in [0.25, 0.3) is 6.47 Å². The molecule has 0 aliphatic carbocycles. The van der Waals surface area contributed by atoms with Crippen molar-refractivity contribution in [3.05, 3.63) is 11.8 Å². The van der Waals surface area contributed by atoms with E-state index in [1.54, 1.807) is 0 Å². The number of carbonyl (C=O) groups is 1. The van der Waals surface area contributed by atoms with E-state index in [1.165, 1.54) is 13.5 Å². The predicted molar refractivity (Wildman–Crippen MR) is 52.6 cm³/mol. The molecular weight excluding hydrogens is 168 g/mol. The van der Waals surface area contributed by atoms with E-state index in [4.69, 9.17) is 10.5 Å². The van der Waals surface area contributed by atoms with Crippen molar-refractivity contribution < 1.29 is 9.53 Å². The third-order valence-electron chi connectivity index (χ3n) is 1.40. The highest BCUT2D eigenvalue weighted by Crippen LogP contribution is 2.04. The third-order valence-corrected chi connectivity index (χ3v) is 1.40. The van der Waals surface area contributed by atoms with Gasteiger partial charge in [0.05, 0.1) is 7.11 Å². The van der Waals surface area contributed by atoms with Crippen LogP contribution in [0.4, 0.5) is 0 Å². The summed E-state index contributed by atoms with van der Waals surface area (Å²) in [5, 5.41) is 0. The Morgan fingerprint density at radius 3 is 2.62 bits per heavy atom. The second kappa shape index (κ2) is 7.34. The molecule has 0 bridgehead atoms. The van der Waals surface area contributed by atoms with Gasteiger partial charge in [0.2, 0.25) is 0 Å². The Labute approximate surface area is 78.5 Å². The van der Waals surface area contributed by atoms with Crippen LogP contribution in [0.1, 0.15) is 19.8 Å². The van der Waals surface area contributed by atoms with E-state index in [0.717, 1.165) is 24.4 Å². The van der Waals surface area contributed by atoms with Crippen molar-refractivity contribution in [2.45, 2.75) is 19.8 Å². The van der Waals surface area contributed by atoms with Gasteiger partial charge in [-0.2, -0.15) is 0 Å². The lowest BCUT2D eigenvalue weighted by Crippen LogP contribution is -1.95. The number of methoxy groups -OCH3 is 1. The number of ether oxygens (including phenoxy) is 1. The second-order valence-corrected chi connectivity index (χ2v) is 2.70. The average molecular weight is 184 g/mol. The molecule has 0 saturated heterocycles. The Morgan fingerprint density at radius 2 is 2.31 bits per heavy atom. The van der Waals surface area contributed by atoms with E-state index in [0.29, 0.717) is 6.47 Å². The zero-order valence-corrected chi connectivity index (χ0v) is 8.12. The summed E-state index contributed by atoms with van der Waals surface area (Å²) in [5.74, 6) is 0. The van der Waals surface area contributed by atoms with Crippen molar-refractivity contribution >= 4 is 12.2 Å². The summed E-state index contributed by atoms with van der Waals surface area (Å²) < 4.78 is 3.86. The number of hydrogen-bond acceptors (Lipinski definition) is 4. The largest absolute Gasteiger partial charge is 0.471 e. The van der Waals surface area contributed by atoms with Gasteiger partial charge in [0, 0.05) is 18.0 Å². The fraction of sp³-hybridized carbons (Fsp3) is 0.556. The van der Waals surface area contributed by atoms with E-state index in [-0.39, 0.29) is 0 Å². The summed E-state index contributed by atoms with van der Waals surface area (Å²) >= 11 is 0. The summed E-state index contributed by atoms with van der Waals surface area (Å²) in [4.78, 5) is 13.2. The quantitative estimate of drug-likeness (QED) is 0.648. The van der Waals surface area contributed by atoms with Crippen molar-refractivity contribution in [1.82, 2.24) is 0 Å². The molecule has 0 fully saturated rings. The SMILES string of the molecule is C/C(N)=C/C1=NCCC1.COC=O. The van der Waals surface area contributed by atoms with Gasteiger partial charge in [-0.3, -0.25) is 9.79 Å². The number of allylic oxidation sites excluding steroid dienone is 2. The zero-order valence-electron chi connectivity index (χ0n) is 8.12. The van der Waals surface area contributed by atoms with Crippen molar-refractivity contribution in [2.75, 3.05) is 13.7 Å². The topological polar surface area (TPSA) is 64.7 Å². The molecule has 0 amide bonds. The Bertz CT molecular complexity index is 206. The lowest BCUT2D eigenvalue weighted by Gasteiger charge is -1.89. The van der Waals surface area contributed by atoms with Crippen LogP contribution in [-0.2, 0) is 9.53 Å². The van der Waals surface area contributed by atoms with Gasteiger partial charge in [-0.05, 0) is 25.8 Å². The Kier molecular flexibility index (Phi) is 6.59. The van der Waals surface area contributed by atoms with Gasteiger partial charge in [0.1, 0.15) is 0 Å². The first-order chi connectivity index (χ1) is 6.20. The fourth-order valence-electron chi connectivity index (χ4n) is 0.943. The maximum Gasteiger partial charge on any atom is 0.292 e. The van der Waals surface area contributed by atoms with Crippen LogP contribution in [0.15, 0.2) is 16.8 Å². The zero-order chi connectivity index (χ0) is 10.1. The Morgan fingerprint density at radius 1 is 1.69 bits per heavy atom. The second-order valence-electron chi connectivity index (χ2n) is 2.70. The van der Waals surface area contributed by atoms with Gasteiger partial charge in [-0.15, -0.1) is 0 Å². The number of carbonyl (C=O) groups excluding carboxylic acids is 1. The van der Waals surface area contributed by atoms with Crippen LogP contribution in [0.25, 0.3) is 0 Å². The molecule has 0 saturated carbocycles. The van der Waals surface area contributed by atoms with Crippen LogP contribution in [0.5, 0.6) is 0 Å². The van der Waals surface area contributed by atoms with Gasteiger partial charge in [-0.25, -0.2) is 0 Å². The molecule has 0 aromatic carbocycles. The van der Waals surface area contributed by atoms with Crippen LogP contribution < -0.4 is 5.73 Å². The summed E-state index contributed by atoms with van der Waals surface area (Å²) in [7, 11) is 1.31. The molecule has 0 radical (unpaired) electrons. The minimum absolute atomic E-state index is 0.375. The highest BCUT2D eigenvalue weighted by Gasteiger charge is 2.01. The van der Waals surface area contributed by atoms with E-state index in [1.807, 2.05) is 13.0 Å². The molecule has 0 spiro atoms. The molecule has 1 rings (SSSR count). The Balaban J connectivity index is 0.000000310. The minimum Gasteiger partial charge on any atom is -0.471 e. The van der Waals surface area contributed by atoms with Crippen molar-refractivity contribution in [3.8, 4) is 0 Å². The molecule has 0 aromatic heterocycles. The first-order valence-electron chi connectivity index (χ1n) is 4.14. The molecular formula is C9H16N2O2. The van der Waals surface area contributed by atoms with E-state index in [2.05, 4.69) is 9.73 Å². The van der Waals surface area contributed by atoms with Crippen LogP contribution in [0.2, 0.25) is 0 Å². The monoisotopic (exact) mass is 184 g/mol. The molecule has 4 nitrogen and oxygen atoms in total. The van der Waals surface area contributed by atoms with E-state index < -0.39 is 0 Å². The third kappa shape index (κ3) is 7.05. The van der Waals surface area contributed by atoms with E-state index in [9.17, 15) is 0 Å². The van der Waals surface area contributed by atoms with Gasteiger partial charge >= 0.3 is 0 Å². The molecule has 0 atom stereocenters. The molecule has 2 N–H and O–H groups in total. The summed E-state index contributed by atoms with van der Waals surface area (Å²) in [6.45, 7) is 3.25. The summed E-state index contributed by atoms with van der Waals surface area (Å²) in [6.07, 6.45) is 4.25. The molecule has 74 valence electrons. The first-order valence-corrected chi connectivity index (χ1v) is 4.14. The van der Waals surface area contributed by atoms with Gasteiger partial charge < -0.3 is 10.5 Å². The maximum atomic E-state index is 8.95. The lowest BCUT2D eigenvalue weighted by atomic mass is 10.2. The van der Waals surface area contributed by atoms with Crippen molar-refractivity contribution in [3.63, 3.8) is 0 Å². The molecule has 0 aromatic rings. The van der Waals surface area contributed by atoms with E-state index >= 15 is 0 Å². The number of hydrogen-bond donors (Lipinski definition) is 1. The van der Waals surface area contributed by atoms with Crippen molar-refractivity contribution in [1.29, 1.82) is 0 Å². The van der Waals surface area contributed by atoms with Crippen LogP contribution in [0.3, 0.4) is 0 Å². The lowest BCUT2D eigenvalue weighted by molar-refractivity contribution is -0.126. The minimum atomic E-state index is 0.375. The Hall–Kier alpha value is -1.32. The summed E-state index contributed by atoms with van der Waals surface area (Å²) in [5.41, 5.74) is 7.47. The average Bonchev–Trinajstić information content (AvgIpc) is 2.56. The first kappa shape index (κ1) is 11.7. The smallest absolute Gasteiger partial charge is 0.292 e. The normalized spacial score (nSPS) is 15.5. The van der Waals surface area contributed by atoms with Crippen LogP contribution >= 0.6 is 0 Å². The van der Waals surface area contributed by atoms with Crippen molar-refractivity contribution in [2.24, 2.45) is 10.7 Å². The van der Waals surface area contributed by atoms with Gasteiger partial charge in [-0.1, -0.05) is 0 Å². The number of aliphatic imine (C=N–C) groups is 1.